The average molecular weight is 314 g/mol. The first-order chi connectivity index (χ1) is 10.8. The van der Waals surface area contributed by atoms with E-state index >= 15 is 0 Å². The third kappa shape index (κ3) is 3.62. The molecule has 1 aromatic heterocycles. The summed E-state index contributed by atoms with van der Waals surface area (Å²) in [6.07, 6.45) is 0. The normalized spacial score (nSPS) is 10.5. The van der Waals surface area contributed by atoms with Gasteiger partial charge in [-0.3, -0.25) is 9.59 Å². The van der Waals surface area contributed by atoms with Gasteiger partial charge in [-0.15, -0.1) is 0 Å². The van der Waals surface area contributed by atoms with Crippen molar-refractivity contribution >= 4 is 17.5 Å². The number of anilines is 1. The Hall–Kier alpha value is -2.56. The monoisotopic (exact) mass is 314 g/mol. The van der Waals surface area contributed by atoms with Crippen LogP contribution >= 0.6 is 0 Å². The van der Waals surface area contributed by atoms with Gasteiger partial charge in [-0.25, -0.2) is 0 Å². The molecule has 0 saturated heterocycles. The number of aryl methyl sites for hydroxylation is 4. The summed E-state index contributed by atoms with van der Waals surface area (Å²) in [4.78, 5) is 24.3. The van der Waals surface area contributed by atoms with Crippen LogP contribution in [0.4, 0.5) is 5.69 Å². The van der Waals surface area contributed by atoms with Gasteiger partial charge < -0.3 is 15.1 Å². The Balaban J connectivity index is 2.01. The zero-order chi connectivity index (χ0) is 17.1. The Morgan fingerprint density at radius 1 is 1.00 bits per heavy atom. The van der Waals surface area contributed by atoms with E-state index in [1.807, 2.05) is 45.9 Å². The van der Waals surface area contributed by atoms with Crippen LogP contribution in [0.25, 0.3) is 0 Å². The lowest BCUT2D eigenvalue weighted by Crippen LogP contribution is -2.33. The van der Waals surface area contributed by atoms with E-state index < -0.39 is 0 Å². The fourth-order valence-electron chi connectivity index (χ4n) is 2.57. The molecule has 2 aromatic rings. The van der Waals surface area contributed by atoms with E-state index in [0.717, 1.165) is 22.4 Å². The largest absolute Gasteiger partial charge is 0.466 e. The first-order valence-electron chi connectivity index (χ1n) is 7.52. The summed E-state index contributed by atoms with van der Waals surface area (Å²) in [5.74, 6) is 0.722. The van der Waals surface area contributed by atoms with Crippen LogP contribution in [0.3, 0.4) is 0 Å². The van der Waals surface area contributed by atoms with Crippen molar-refractivity contribution in [1.82, 2.24) is 5.32 Å². The highest BCUT2D eigenvalue weighted by atomic mass is 16.3. The van der Waals surface area contributed by atoms with Crippen LogP contribution in [-0.2, 0) is 4.79 Å². The average Bonchev–Trinajstić information content (AvgIpc) is 2.74. The predicted octanol–water partition coefficient (Wildman–Crippen LogP) is 3.19. The quantitative estimate of drug-likeness (QED) is 0.910. The van der Waals surface area contributed by atoms with Gasteiger partial charge >= 0.3 is 0 Å². The molecular weight excluding hydrogens is 292 g/mol. The third-order valence-electron chi connectivity index (χ3n) is 3.94. The lowest BCUT2D eigenvalue weighted by molar-refractivity contribution is -0.115. The van der Waals surface area contributed by atoms with Crippen molar-refractivity contribution in [2.24, 2.45) is 0 Å². The van der Waals surface area contributed by atoms with Crippen LogP contribution in [0.1, 0.15) is 38.6 Å². The lowest BCUT2D eigenvalue weighted by Gasteiger charge is -2.12. The highest BCUT2D eigenvalue weighted by molar-refractivity contribution is 6.01. The molecule has 0 unspecified atom stereocenters. The molecule has 0 aliphatic carbocycles. The Bertz CT molecular complexity index is 740. The summed E-state index contributed by atoms with van der Waals surface area (Å²) in [5.41, 5.74) is 4.07. The summed E-state index contributed by atoms with van der Waals surface area (Å²) in [5, 5.41) is 5.48. The standard InChI is InChI=1S/C18H22N2O3/c1-10-7-6-8-11(2)17(10)20-15(21)9-19-18(22)16-12(3)13(4)23-14(16)5/h6-8H,9H2,1-5H3,(H,19,22)(H,20,21). The molecule has 0 saturated carbocycles. The number of rotatable bonds is 4. The van der Waals surface area contributed by atoms with E-state index in [9.17, 15) is 9.59 Å². The number of para-hydroxylation sites is 1. The van der Waals surface area contributed by atoms with E-state index in [1.54, 1.807) is 6.92 Å². The van der Waals surface area contributed by atoms with Gasteiger partial charge in [0.1, 0.15) is 11.5 Å². The van der Waals surface area contributed by atoms with Gasteiger partial charge in [0.25, 0.3) is 5.91 Å². The number of carbonyl (C=O) groups excluding carboxylic acids is 2. The maximum absolute atomic E-state index is 12.2. The third-order valence-corrected chi connectivity index (χ3v) is 3.94. The minimum absolute atomic E-state index is 0.0876. The number of amides is 2. The molecule has 122 valence electrons. The first-order valence-corrected chi connectivity index (χ1v) is 7.52. The Kier molecular flexibility index (Phi) is 4.89. The molecule has 0 radical (unpaired) electrons. The van der Waals surface area contributed by atoms with Gasteiger partial charge in [0.05, 0.1) is 12.1 Å². The van der Waals surface area contributed by atoms with Crippen molar-refractivity contribution in [3.05, 3.63) is 52.0 Å². The fraction of sp³-hybridized carbons (Fsp3) is 0.333. The van der Waals surface area contributed by atoms with Crippen LogP contribution in [-0.4, -0.2) is 18.4 Å². The maximum Gasteiger partial charge on any atom is 0.255 e. The van der Waals surface area contributed by atoms with E-state index in [-0.39, 0.29) is 18.4 Å². The highest BCUT2D eigenvalue weighted by Crippen LogP contribution is 2.21. The molecule has 2 rings (SSSR count). The van der Waals surface area contributed by atoms with Gasteiger partial charge in [-0.1, -0.05) is 18.2 Å². The van der Waals surface area contributed by atoms with Crippen LogP contribution in [0.15, 0.2) is 22.6 Å². The smallest absolute Gasteiger partial charge is 0.255 e. The molecule has 1 heterocycles. The highest BCUT2D eigenvalue weighted by Gasteiger charge is 2.19. The number of nitrogens with one attached hydrogen (secondary N) is 2. The number of furan rings is 1. The molecule has 0 fully saturated rings. The zero-order valence-electron chi connectivity index (χ0n) is 14.2. The molecule has 1 aromatic carbocycles. The molecule has 0 spiro atoms. The van der Waals surface area contributed by atoms with E-state index in [1.165, 1.54) is 0 Å². The van der Waals surface area contributed by atoms with Crippen molar-refractivity contribution in [1.29, 1.82) is 0 Å². The van der Waals surface area contributed by atoms with Crippen molar-refractivity contribution < 1.29 is 14.0 Å². The first kappa shape index (κ1) is 16.8. The summed E-state index contributed by atoms with van der Waals surface area (Å²) < 4.78 is 5.44. The zero-order valence-corrected chi connectivity index (χ0v) is 14.2. The second-order valence-electron chi connectivity index (χ2n) is 5.71. The molecule has 0 atom stereocenters. The topological polar surface area (TPSA) is 71.3 Å². The molecule has 2 N–H and O–H groups in total. The minimum Gasteiger partial charge on any atom is -0.466 e. The van der Waals surface area contributed by atoms with Crippen LogP contribution < -0.4 is 10.6 Å². The van der Waals surface area contributed by atoms with Gasteiger partial charge in [0.2, 0.25) is 5.91 Å². The molecule has 0 aliphatic heterocycles. The minimum atomic E-state index is -0.298. The molecule has 5 heteroatoms. The molecule has 0 aliphatic rings. The van der Waals surface area contributed by atoms with Gasteiger partial charge in [0.15, 0.2) is 0 Å². The van der Waals surface area contributed by atoms with Crippen LogP contribution in [0.2, 0.25) is 0 Å². The number of hydrogen-bond acceptors (Lipinski definition) is 3. The van der Waals surface area contributed by atoms with Gasteiger partial charge in [0, 0.05) is 11.3 Å². The van der Waals surface area contributed by atoms with Crippen molar-refractivity contribution in [3.63, 3.8) is 0 Å². The Morgan fingerprint density at radius 3 is 2.13 bits per heavy atom. The predicted molar refractivity (Wildman–Crippen MR) is 89.8 cm³/mol. The van der Waals surface area contributed by atoms with E-state index in [2.05, 4.69) is 10.6 Å². The summed E-state index contributed by atoms with van der Waals surface area (Å²) in [6.45, 7) is 9.16. The SMILES string of the molecule is Cc1cccc(C)c1NC(=O)CNC(=O)c1c(C)oc(C)c1C. The molecule has 0 bridgehead atoms. The van der Waals surface area contributed by atoms with Crippen LogP contribution in [0.5, 0.6) is 0 Å². The molecular formula is C18H22N2O3. The number of hydrogen-bond donors (Lipinski definition) is 2. The van der Waals surface area contributed by atoms with Crippen molar-refractivity contribution in [2.45, 2.75) is 34.6 Å². The van der Waals surface area contributed by atoms with E-state index in [4.69, 9.17) is 4.42 Å². The Morgan fingerprint density at radius 2 is 1.61 bits per heavy atom. The van der Waals surface area contributed by atoms with Crippen LogP contribution in [0, 0.1) is 34.6 Å². The van der Waals surface area contributed by atoms with Gasteiger partial charge in [-0.2, -0.15) is 0 Å². The molecule has 5 nitrogen and oxygen atoms in total. The summed E-state index contributed by atoms with van der Waals surface area (Å²) in [6, 6.07) is 5.80. The summed E-state index contributed by atoms with van der Waals surface area (Å²) in [7, 11) is 0. The molecule has 23 heavy (non-hydrogen) atoms. The second-order valence-corrected chi connectivity index (χ2v) is 5.71. The second kappa shape index (κ2) is 6.69. The van der Waals surface area contributed by atoms with Gasteiger partial charge in [-0.05, 0) is 45.7 Å². The fourth-order valence-corrected chi connectivity index (χ4v) is 2.57. The lowest BCUT2D eigenvalue weighted by atomic mass is 10.1. The van der Waals surface area contributed by atoms with Crippen molar-refractivity contribution in [2.75, 3.05) is 11.9 Å². The maximum atomic E-state index is 12.2. The number of carbonyl (C=O) groups is 2. The molecule has 2 amide bonds. The number of benzene rings is 1. The Labute approximate surface area is 136 Å². The van der Waals surface area contributed by atoms with E-state index in [0.29, 0.717) is 17.1 Å². The summed E-state index contributed by atoms with van der Waals surface area (Å²) >= 11 is 0. The van der Waals surface area contributed by atoms with Crippen molar-refractivity contribution in [3.8, 4) is 0 Å².